The number of rotatable bonds is 6. The van der Waals surface area contributed by atoms with Gasteiger partial charge < -0.3 is 9.53 Å². The van der Waals surface area contributed by atoms with E-state index in [0.29, 0.717) is 19.4 Å². The first-order valence-electron chi connectivity index (χ1n) is 4.75. The fourth-order valence-corrected chi connectivity index (χ4v) is 1.22. The van der Waals surface area contributed by atoms with E-state index in [1.807, 2.05) is 6.92 Å². The number of hydrogen-bond acceptors (Lipinski definition) is 3. The second-order valence-corrected chi connectivity index (χ2v) is 3.19. The lowest BCUT2D eigenvalue weighted by molar-refractivity contribution is -0.144. The van der Waals surface area contributed by atoms with Gasteiger partial charge in [-0.2, -0.15) is 0 Å². The average Bonchev–Trinajstić information content (AvgIpc) is 2.02. The highest BCUT2D eigenvalue weighted by Crippen LogP contribution is 2.14. The van der Waals surface area contributed by atoms with Crippen LogP contribution in [0.25, 0.3) is 0 Å². The van der Waals surface area contributed by atoms with E-state index in [-0.39, 0.29) is 17.7 Å². The molecule has 0 saturated carbocycles. The van der Waals surface area contributed by atoms with Gasteiger partial charge in [-0.3, -0.25) is 4.79 Å². The van der Waals surface area contributed by atoms with Gasteiger partial charge in [-0.1, -0.05) is 13.3 Å². The molecule has 0 aliphatic carbocycles. The van der Waals surface area contributed by atoms with Crippen molar-refractivity contribution in [1.82, 2.24) is 0 Å². The lowest BCUT2D eigenvalue weighted by atomic mass is 9.97. The van der Waals surface area contributed by atoms with E-state index in [1.165, 1.54) is 0 Å². The third kappa shape index (κ3) is 6.31. The minimum atomic E-state index is -0.199. The molecular weight excluding hydrogens is 168 g/mol. The van der Waals surface area contributed by atoms with Gasteiger partial charge >= 0.3 is 5.97 Å². The molecule has 0 aromatic heterocycles. The number of carbonyl (C=O) groups excluding carboxylic acids is 2. The summed E-state index contributed by atoms with van der Waals surface area (Å²) in [7, 11) is 0. The Morgan fingerprint density at radius 1 is 1.23 bits per heavy atom. The van der Waals surface area contributed by atoms with E-state index in [0.717, 1.165) is 6.42 Å². The van der Waals surface area contributed by atoms with Gasteiger partial charge in [0.25, 0.3) is 0 Å². The molecule has 1 atom stereocenters. The van der Waals surface area contributed by atoms with Crippen molar-refractivity contribution in [2.45, 2.75) is 40.0 Å². The van der Waals surface area contributed by atoms with E-state index >= 15 is 0 Å². The summed E-state index contributed by atoms with van der Waals surface area (Å²) in [4.78, 5) is 21.9. The SMILES string of the molecule is CCOC(=O)CC(CC)CC(C)=O. The van der Waals surface area contributed by atoms with Crippen LogP contribution in [0.1, 0.15) is 40.0 Å². The van der Waals surface area contributed by atoms with Crippen molar-refractivity contribution in [2.24, 2.45) is 5.92 Å². The van der Waals surface area contributed by atoms with Crippen LogP contribution in [0.2, 0.25) is 0 Å². The van der Waals surface area contributed by atoms with Crippen LogP contribution in [-0.2, 0) is 14.3 Å². The lowest BCUT2D eigenvalue weighted by Gasteiger charge is -2.11. The molecule has 0 aromatic carbocycles. The average molecular weight is 186 g/mol. The van der Waals surface area contributed by atoms with E-state index in [9.17, 15) is 9.59 Å². The number of ether oxygens (including phenoxy) is 1. The number of Topliss-reactive ketones (excluding diaryl/α,β-unsaturated/α-hetero) is 1. The van der Waals surface area contributed by atoms with Crippen molar-refractivity contribution < 1.29 is 14.3 Å². The normalized spacial score (nSPS) is 12.2. The standard InChI is InChI=1S/C10H18O3/c1-4-9(6-8(3)11)7-10(12)13-5-2/h9H,4-7H2,1-3H3. The molecule has 0 rings (SSSR count). The second kappa shape index (κ2) is 6.63. The molecule has 3 nitrogen and oxygen atoms in total. The molecule has 0 saturated heterocycles. The summed E-state index contributed by atoms with van der Waals surface area (Å²) in [6.07, 6.45) is 1.69. The van der Waals surface area contributed by atoms with Gasteiger partial charge in [0, 0.05) is 12.8 Å². The molecule has 0 aromatic rings. The fraction of sp³-hybridized carbons (Fsp3) is 0.800. The van der Waals surface area contributed by atoms with E-state index in [2.05, 4.69) is 0 Å². The number of esters is 1. The third-order valence-electron chi connectivity index (χ3n) is 1.91. The summed E-state index contributed by atoms with van der Waals surface area (Å²) in [6, 6.07) is 0. The summed E-state index contributed by atoms with van der Waals surface area (Å²) >= 11 is 0. The largest absolute Gasteiger partial charge is 0.466 e. The summed E-state index contributed by atoms with van der Waals surface area (Å²) in [5.41, 5.74) is 0. The Morgan fingerprint density at radius 3 is 2.23 bits per heavy atom. The second-order valence-electron chi connectivity index (χ2n) is 3.19. The van der Waals surface area contributed by atoms with Crippen LogP contribution in [0.15, 0.2) is 0 Å². The van der Waals surface area contributed by atoms with Crippen molar-refractivity contribution in [3.8, 4) is 0 Å². The Balaban J connectivity index is 3.83. The number of hydrogen-bond donors (Lipinski definition) is 0. The summed E-state index contributed by atoms with van der Waals surface area (Å²) in [5, 5.41) is 0. The van der Waals surface area contributed by atoms with Gasteiger partial charge in [0.05, 0.1) is 6.61 Å². The molecule has 0 aliphatic heterocycles. The zero-order valence-corrected chi connectivity index (χ0v) is 8.63. The van der Waals surface area contributed by atoms with Crippen molar-refractivity contribution in [3.63, 3.8) is 0 Å². The van der Waals surface area contributed by atoms with Crippen LogP contribution < -0.4 is 0 Å². The fourth-order valence-electron chi connectivity index (χ4n) is 1.22. The van der Waals surface area contributed by atoms with Crippen LogP contribution in [0.3, 0.4) is 0 Å². The molecule has 0 heterocycles. The molecule has 3 heteroatoms. The topological polar surface area (TPSA) is 43.4 Å². The quantitative estimate of drug-likeness (QED) is 0.595. The molecule has 0 amide bonds. The van der Waals surface area contributed by atoms with E-state index < -0.39 is 0 Å². The highest BCUT2D eigenvalue weighted by atomic mass is 16.5. The Morgan fingerprint density at radius 2 is 1.85 bits per heavy atom. The monoisotopic (exact) mass is 186 g/mol. The predicted molar refractivity (Wildman–Crippen MR) is 50.3 cm³/mol. The van der Waals surface area contributed by atoms with Crippen LogP contribution in [-0.4, -0.2) is 18.4 Å². The van der Waals surface area contributed by atoms with E-state index in [4.69, 9.17) is 4.74 Å². The van der Waals surface area contributed by atoms with Crippen LogP contribution in [0.4, 0.5) is 0 Å². The first kappa shape index (κ1) is 12.1. The number of ketones is 1. The Bertz CT molecular complexity index is 175. The highest BCUT2D eigenvalue weighted by Gasteiger charge is 2.14. The van der Waals surface area contributed by atoms with Crippen molar-refractivity contribution >= 4 is 11.8 Å². The van der Waals surface area contributed by atoms with Gasteiger partial charge in [-0.25, -0.2) is 0 Å². The molecular formula is C10H18O3. The molecule has 0 spiro atoms. The van der Waals surface area contributed by atoms with Crippen LogP contribution in [0, 0.1) is 5.92 Å². The molecule has 13 heavy (non-hydrogen) atoms. The third-order valence-corrected chi connectivity index (χ3v) is 1.91. The molecule has 0 fully saturated rings. The van der Waals surface area contributed by atoms with Gasteiger partial charge in [0.1, 0.15) is 5.78 Å². The molecule has 0 aliphatic rings. The van der Waals surface area contributed by atoms with Crippen molar-refractivity contribution in [2.75, 3.05) is 6.61 Å². The van der Waals surface area contributed by atoms with Crippen molar-refractivity contribution in [1.29, 1.82) is 0 Å². The van der Waals surface area contributed by atoms with E-state index in [1.54, 1.807) is 13.8 Å². The van der Waals surface area contributed by atoms with Gasteiger partial charge in [-0.15, -0.1) is 0 Å². The van der Waals surface area contributed by atoms with Crippen LogP contribution >= 0.6 is 0 Å². The van der Waals surface area contributed by atoms with Crippen LogP contribution in [0.5, 0.6) is 0 Å². The first-order valence-corrected chi connectivity index (χ1v) is 4.75. The maximum atomic E-state index is 11.1. The summed E-state index contributed by atoms with van der Waals surface area (Å²) in [6.45, 7) is 5.72. The van der Waals surface area contributed by atoms with Gasteiger partial charge in [-0.05, 0) is 19.8 Å². The minimum Gasteiger partial charge on any atom is -0.466 e. The highest BCUT2D eigenvalue weighted by molar-refractivity contribution is 5.77. The molecule has 1 unspecified atom stereocenters. The first-order chi connectivity index (χ1) is 6.10. The maximum absolute atomic E-state index is 11.1. The molecule has 0 bridgehead atoms. The smallest absolute Gasteiger partial charge is 0.306 e. The zero-order valence-electron chi connectivity index (χ0n) is 8.63. The molecule has 76 valence electrons. The van der Waals surface area contributed by atoms with Crippen molar-refractivity contribution in [3.05, 3.63) is 0 Å². The molecule has 0 N–H and O–H groups in total. The van der Waals surface area contributed by atoms with Gasteiger partial charge in [0.15, 0.2) is 0 Å². The number of carbonyl (C=O) groups is 2. The Labute approximate surface area is 79.5 Å². The predicted octanol–water partition coefficient (Wildman–Crippen LogP) is 1.94. The maximum Gasteiger partial charge on any atom is 0.306 e. The zero-order chi connectivity index (χ0) is 10.3. The molecule has 0 radical (unpaired) electrons. The Hall–Kier alpha value is -0.860. The van der Waals surface area contributed by atoms with Gasteiger partial charge in [0.2, 0.25) is 0 Å². The summed E-state index contributed by atoms with van der Waals surface area (Å²) < 4.78 is 4.81. The minimum absolute atomic E-state index is 0.135. The summed E-state index contributed by atoms with van der Waals surface area (Å²) in [5.74, 6) is 0.0864. The lowest BCUT2D eigenvalue weighted by Crippen LogP contribution is -2.13. The Kier molecular flexibility index (Phi) is 6.20.